The minimum Gasteiger partial charge on any atom is -0.486 e. The summed E-state index contributed by atoms with van der Waals surface area (Å²) in [5.41, 5.74) is 1.14. The summed E-state index contributed by atoms with van der Waals surface area (Å²) < 4.78 is 10.9. The van der Waals surface area contributed by atoms with E-state index in [0.717, 1.165) is 17.2 Å². The third-order valence-corrected chi connectivity index (χ3v) is 2.49. The topological polar surface area (TPSA) is 30.5 Å². The summed E-state index contributed by atoms with van der Waals surface area (Å²) in [6.07, 6.45) is 2.57. The molecule has 0 spiro atoms. The Morgan fingerprint density at radius 2 is 1.86 bits per heavy atom. The highest BCUT2D eigenvalue weighted by Crippen LogP contribution is 2.34. The van der Waals surface area contributed by atoms with E-state index in [1.807, 2.05) is 18.2 Å². The fraction of sp³-hybridized carbons (Fsp3) is 0.455. The molecule has 0 unspecified atom stereocenters. The minimum atomic E-state index is 0.653. The Morgan fingerprint density at radius 3 is 2.64 bits per heavy atom. The Labute approximate surface area is 83.0 Å². The van der Waals surface area contributed by atoms with Crippen molar-refractivity contribution in [3.8, 4) is 11.5 Å². The number of hydrogen-bond donors (Lipinski definition) is 1. The van der Waals surface area contributed by atoms with Crippen LogP contribution in [-0.2, 0) is 0 Å². The molecule has 0 radical (unpaired) electrons. The van der Waals surface area contributed by atoms with Crippen LogP contribution in [0.3, 0.4) is 0 Å². The van der Waals surface area contributed by atoms with E-state index >= 15 is 0 Å². The van der Waals surface area contributed by atoms with E-state index in [1.165, 1.54) is 12.8 Å². The number of anilines is 1. The van der Waals surface area contributed by atoms with Crippen LogP contribution < -0.4 is 14.8 Å². The molecule has 1 aliphatic carbocycles. The van der Waals surface area contributed by atoms with Gasteiger partial charge in [0.2, 0.25) is 0 Å². The van der Waals surface area contributed by atoms with Crippen LogP contribution in [0.25, 0.3) is 0 Å². The molecule has 1 heterocycles. The summed E-state index contributed by atoms with van der Waals surface area (Å²) in [6, 6.07) is 6.72. The summed E-state index contributed by atoms with van der Waals surface area (Å²) in [6.45, 7) is 1.31. The third-order valence-electron chi connectivity index (χ3n) is 2.49. The molecular formula is C11H13NO2. The highest BCUT2D eigenvalue weighted by molar-refractivity contribution is 5.56. The van der Waals surface area contributed by atoms with Crippen LogP contribution in [0.5, 0.6) is 11.5 Å². The zero-order chi connectivity index (χ0) is 9.38. The minimum absolute atomic E-state index is 0.653. The van der Waals surface area contributed by atoms with Gasteiger partial charge in [-0.2, -0.15) is 0 Å². The van der Waals surface area contributed by atoms with Crippen molar-refractivity contribution in [2.24, 2.45) is 0 Å². The van der Waals surface area contributed by atoms with Crippen LogP contribution >= 0.6 is 0 Å². The van der Waals surface area contributed by atoms with Crippen molar-refractivity contribution in [2.75, 3.05) is 18.5 Å². The molecule has 0 atom stereocenters. The largest absolute Gasteiger partial charge is 0.486 e. The molecule has 1 aromatic carbocycles. The van der Waals surface area contributed by atoms with E-state index in [9.17, 15) is 0 Å². The molecule has 14 heavy (non-hydrogen) atoms. The van der Waals surface area contributed by atoms with Crippen molar-refractivity contribution in [2.45, 2.75) is 18.9 Å². The number of ether oxygens (including phenoxy) is 2. The average Bonchev–Trinajstić information content (AvgIpc) is 3.02. The van der Waals surface area contributed by atoms with Gasteiger partial charge in [0.25, 0.3) is 0 Å². The van der Waals surface area contributed by atoms with Gasteiger partial charge in [-0.3, -0.25) is 0 Å². The molecule has 2 aliphatic rings. The molecule has 1 aliphatic heterocycles. The second-order valence-corrected chi connectivity index (χ2v) is 3.78. The highest BCUT2D eigenvalue weighted by atomic mass is 16.6. The maximum atomic E-state index is 5.50. The number of nitrogens with one attached hydrogen (secondary N) is 1. The zero-order valence-electron chi connectivity index (χ0n) is 7.95. The number of benzene rings is 1. The molecule has 1 N–H and O–H groups in total. The monoisotopic (exact) mass is 191 g/mol. The van der Waals surface area contributed by atoms with E-state index in [2.05, 4.69) is 5.32 Å². The molecule has 0 bridgehead atoms. The van der Waals surface area contributed by atoms with E-state index in [1.54, 1.807) is 0 Å². The van der Waals surface area contributed by atoms with Gasteiger partial charge in [-0.25, -0.2) is 0 Å². The molecule has 0 aromatic heterocycles. The maximum Gasteiger partial charge on any atom is 0.163 e. The van der Waals surface area contributed by atoms with Crippen molar-refractivity contribution in [1.29, 1.82) is 0 Å². The first-order chi connectivity index (χ1) is 6.92. The predicted molar refractivity (Wildman–Crippen MR) is 54.1 cm³/mol. The van der Waals surface area contributed by atoms with Crippen molar-refractivity contribution < 1.29 is 9.47 Å². The van der Waals surface area contributed by atoms with Crippen molar-refractivity contribution in [3.63, 3.8) is 0 Å². The van der Waals surface area contributed by atoms with Crippen LogP contribution in [0.1, 0.15) is 12.8 Å². The predicted octanol–water partition coefficient (Wildman–Crippen LogP) is 2.03. The van der Waals surface area contributed by atoms with Crippen molar-refractivity contribution in [1.82, 2.24) is 0 Å². The molecule has 3 nitrogen and oxygen atoms in total. The van der Waals surface area contributed by atoms with Crippen LogP contribution in [0, 0.1) is 0 Å². The van der Waals surface area contributed by atoms with E-state index < -0.39 is 0 Å². The van der Waals surface area contributed by atoms with Crippen LogP contribution in [0.15, 0.2) is 18.2 Å². The van der Waals surface area contributed by atoms with Gasteiger partial charge in [-0.15, -0.1) is 0 Å². The van der Waals surface area contributed by atoms with E-state index in [-0.39, 0.29) is 0 Å². The van der Waals surface area contributed by atoms with Gasteiger partial charge in [-0.05, 0) is 25.0 Å². The Hall–Kier alpha value is -1.38. The van der Waals surface area contributed by atoms with Crippen LogP contribution in [-0.4, -0.2) is 19.3 Å². The average molecular weight is 191 g/mol. The van der Waals surface area contributed by atoms with Crippen LogP contribution in [0.2, 0.25) is 0 Å². The van der Waals surface area contributed by atoms with E-state index in [4.69, 9.17) is 9.47 Å². The fourth-order valence-electron chi connectivity index (χ4n) is 1.60. The molecule has 3 rings (SSSR count). The number of fused-ring (bicyclic) bond motifs is 1. The smallest absolute Gasteiger partial charge is 0.163 e. The van der Waals surface area contributed by atoms with Gasteiger partial charge in [0.1, 0.15) is 13.2 Å². The molecule has 1 fully saturated rings. The first-order valence-electron chi connectivity index (χ1n) is 5.08. The summed E-state index contributed by atoms with van der Waals surface area (Å²) in [5, 5.41) is 3.43. The Morgan fingerprint density at radius 1 is 1.07 bits per heavy atom. The van der Waals surface area contributed by atoms with Gasteiger partial charge in [0.05, 0.1) is 0 Å². The number of rotatable bonds is 2. The highest BCUT2D eigenvalue weighted by Gasteiger charge is 2.21. The lowest BCUT2D eigenvalue weighted by Crippen LogP contribution is -2.15. The van der Waals surface area contributed by atoms with Crippen LogP contribution in [0.4, 0.5) is 5.69 Å². The van der Waals surface area contributed by atoms with Gasteiger partial charge in [0, 0.05) is 17.8 Å². The molecule has 0 amide bonds. The second-order valence-electron chi connectivity index (χ2n) is 3.78. The van der Waals surface area contributed by atoms with Crippen molar-refractivity contribution in [3.05, 3.63) is 18.2 Å². The lowest BCUT2D eigenvalue weighted by atomic mass is 10.2. The third kappa shape index (κ3) is 1.50. The van der Waals surface area contributed by atoms with Gasteiger partial charge in [-0.1, -0.05) is 0 Å². The Balaban J connectivity index is 1.84. The lowest BCUT2D eigenvalue weighted by molar-refractivity contribution is 0.171. The fourth-order valence-corrected chi connectivity index (χ4v) is 1.60. The van der Waals surface area contributed by atoms with Gasteiger partial charge < -0.3 is 14.8 Å². The second kappa shape index (κ2) is 3.08. The van der Waals surface area contributed by atoms with Gasteiger partial charge in [0.15, 0.2) is 11.5 Å². The summed E-state index contributed by atoms with van der Waals surface area (Å²) >= 11 is 0. The molecule has 3 heteroatoms. The SMILES string of the molecule is c1cc2c(cc1NC1CC1)OCCO2. The molecule has 0 saturated heterocycles. The summed E-state index contributed by atoms with van der Waals surface area (Å²) in [4.78, 5) is 0. The molecular weight excluding hydrogens is 178 g/mol. The van der Waals surface area contributed by atoms with E-state index in [0.29, 0.717) is 19.3 Å². The normalized spacial score (nSPS) is 19.1. The Kier molecular flexibility index (Phi) is 1.76. The summed E-state index contributed by atoms with van der Waals surface area (Å²) in [7, 11) is 0. The molecule has 1 aromatic rings. The zero-order valence-corrected chi connectivity index (χ0v) is 7.95. The first-order valence-corrected chi connectivity index (χ1v) is 5.08. The van der Waals surface area contributed by atoms with Gasteiger partial charge >= 0.3 is 0 Å². The standard InChI is InChI=1S/C11H13NO2/c1-2-8(1)12-9-3-4-10-11(7-9)14-6-5-13-10/h3-4,7-8,12H,1-2,5-6H2. The Bertz CT molecular complexity index is 347. The van der Waals surface area contributed by atoms with Crippen molar-refractivity contribution >= 4 is 5.69 Å². The number of hydrogen-bond acceptors (Lipinski definition) is 3. The maximum absolute atomic E-state index is 5.50. The quantitative estimate of drug-likeness (QED) is 0.775. The lowest BCUT2D eigenvalue weighted by Gasteiger charge is -2.19. The molecule has 74 valence electrons. The molecule has 1 saturated carbocycles. The summed E-state index contributed by atoms with van der Waals surface area (Å²) in [5.74, 6) is 1.72. The first kappa shape index (κ1) is 7.97.